The van der Waals surface area contributed by atoms with E-state index < -0.39 is 133 Å². The van der Waals surface area contributed by atoms with Gasteiger partial charge in [-0.15, -0.1) is 0 Å². The highest BCUT2D eigenvalue weighted by Gasteiger charge is 2.72. The molecular weight excluding hydrogens is 852 g/mol. The summed E-state index contributed by atoms with van der Waals surface area (Å²) in [5.74, 6) is -1.02. The van der Waals surface area contributed by atoms with Gasteiger partial charge in [-0.1, -0.05) is 53.2 Å². The van der Waals surface area contributed by atoms with E-state index in [4.69, 9.17) is 28.4 Å². The van der Waals surface area contributed by atoms with E-state index in [1.807, 2.05) is 13.8 Å². The van der Waals surface area contributed by atoms with Gasteiger partial charge in [-0.3, -0.25) is 4.79 Å². The molecule has 0 aromatic rings. The lowest BCUT2D eigenvalue weighted by Gasteiger charge is -2.72. The van der Waals surface area contributed by atoms with E-state index >= 15 is 0 Å². The molecule has 0 amide bonds. The van der Waals surface area contributed by atoms with Gasteiger partial charge in [0.05, 0.1) is 36.9 Å². The van der Waals surface area contributed by atoms with Gasteiger partial charge in [-0.2, -0.15) is 0 Å². The van der Waals surface area contributed by atoms with E-state index in [0.717, 1.165) is 24.8 Å². The Morgan fingerprint density at radius 1 is 0.692 bits per heavy atom. The van der Waals surface area contributed by atoms with Gasteiger partial charge in [0.15, 0.2) is 12.6 Å². The van der Waals surface area contributed by atoms with Crippen molar-refractivity contribution in [1.82, 2.24) is 0 Å². The molecule has 3 heterocycles. The van der Waals surface area contributed by atoms with Crippen molar-refractivity contribution in [2.45, 2.75) is 204 Å². The molecule has 65 heavy (non-hydrogen) atoms. The van der Waals surface area contributed by atoms with Crippen molar-refractivity contribution >= 4 is 5.97 Å². The number of hydrogen-bond acceptors (Lipinski definition) is 18. The summed E-state index contributed by atoms with van der Waals surface area (Å²) in [6.45, 7) is 13.7. The summed E-state index contributed by atoms with van der Waals surface area (Å²) in [5.41, 5.74) is -2.68. The van der Waals surface area contributed by atoms with Crippen molar-refractivity contribution in [2.75, 3.05) is 19.8 Å². The van der Waals surface area contributed by atoms with Crippen LogP contribution in [-0.4, -0.2) is 180 Å². The molecule has 4 saturated carbocycles. The Kier molecular flexibility index (Phi) is 13.4. The van der Waals surface area contributed by atoms with E-state index in [1.54, 1.807) is 0 Å². The highest BCUT2D eigenvalue weighted by molar-refractivity contribution is 5.79. The summed E-state index contributed by atoms with van der Waals surface area (Å²) in [6.07, 6.45) is -13.4. The third-order valence-electron chi connectivity index (χ3n) is 19.3. The SMILES string of the molecule is C[C@@H]1CC[C@]2(C(=O)O[C@@H]3O[C@H](CO)[C@@H](O)[C@H](O)[C@H]3O)CC[C@]3(C)C(=CC[C@@H]4[C@@]5(C)CC[C@H](O[C@@H]6OC[C@H](O)[C@H](O[C@@H]7O[C@H](CO)[C@@H](O)[C@H](O)[C@H]7O)[C@H]6O)C(C)(C)C5CC[C@]43C)[C@@H]2[C@]1(C)O. The molecule has 372 valence electrons. The van der Waals surface area contributed by atoms with Gasteiger partial charge in [0.1, 0.15) is 67.1 Å². The van der Waals surface area contributed by atoms with Crippen LogP contribution in [0.15, 0.2) is 11.6 Å². The molecule has 1 unspecified atom stereocenters. The molecular formula is C47H76O18. The summed E-state index contributed by atoms with van der Waals surface area (Å²) in [4.78, 5) is 14.7. The summed E-state index contributed by atoms with van der Waals surface area (Å²) in [6, 6.07) is 0. The molecule has 0 aromatic carbocycles. The molecule has 5 aliphatic carbocycles. The second-order valence-electron chi connectivity index (χ2n) is 22.7. The first-order chi connectivity index (χ1) is 30.3. The Bertz CT molecular complexity index is 1770. The van der Waals surface area contributed by atoms with Crippen LogP contribution in [-0.2, 0) is 33.2 Å². The number of fused-ring (bicyclic) bond motifs is 7. The summed E-state index contributed by atoms with van der Waals surface area (Å²) in [7, 11) is 0. The zero-order chi connectivity index (χ0) is 47.6. The maximum atomic E-state index is 14.7. The van der Waals surface area contributed by atoms with Crippen LogP contribution in [0.25, 0.3) is 0 Å². The fraction of sp³-hybridized carbons (Fsp3) is 0.936. The molecule has 18 heteroatoms. The zero-order valence-corrected chi connectivity index (χ0v) is 38.8. The quantitative estimate of drug-likeness (QED) is 0.0850. The Morgan fingerprint density at radius 3 is 1.94 bits per heavy atom. The van der Waals surface area contributed by atoms with Crippen LogP contribution in [0.5, 0.6) is 0 Å². The maximum Gasteiger partial charge on any atom is 0.315 e. The lowest BCUT2D eigenvalue weighted by Crippen LogP contribution is -2.68. The molecule has 3 aliphatic heterocycles. The topological polar surface area (TPSA) is 295 Å². The Labute approximate surface area is 380 Å². The van der Waals surface area contributed by atoms with Gasteiger partial charge < -0.3 is 84.6 Å². The van der Waals surface area contributed by atoms with Crippen molar-refractivity contribution in [3.63, 3.8) is 0 Å². The molecule has 8 rings (SSSR count). The summed E-state index contributed by atoms with van der Waals surface area (Å²) < 4.78 is 35.5. The van der Waals surface area contributed by atoms with Crippen LogP contribution in [0.2, 0.25) is 0 Å². The van der Waals surface area contributed by atoms with Crippen molar-refractivity contribution in [3.05, 3.63) is 11.6 Å². The Balaban J connectivity index is 1.02. The molecule has 7 fully saturated rings. The van der Waals surface area contributed by atoms with Crippen LogP contribution in [0.1, 0.15) is 106 Å². The number of rotatable bonds is 8. The number of carbonyl (C=O) groups excluding carboxylic acids is 1. The number of aliphatic hydroxyl groups excluding tert-OH is 10. The molecule has 18 nitrogen and oxygen atoms in total. The fourth-order valence-corrected chi connectivity index (χ4v) is 15.0. The number of allylic oxidation sites excluding steroid dienone is 1. The van der Waals surface area contributed by atoms with Crippen LogP contribution in [0, 0.1) is 50.7 Å². The number of carbonyl (C=O) groups is 1. The van der Waals surface area contributed by atoms with Crippen LogP contribution < -0.4 is 0 Å². The van der Waals surface area contributed by atoms with Crippen molar-refractivity contribution in [3.8, 4) is 0 Å². The Hall–Kier alpha value is -1.43. The fourth-order valence-electron chi connectivity index (χ4n) is 15.0. The molecule has 3 saturated heterocycles. The third kappa shape index (κ3) is 7.53. The van der Waals surface area contributed by atoms with Gasteiger partial charge in [-0.05, 0) is 104 Å². The Morgan fingerprint density at radius 2 is 1.31 bits per heavy atom. The first kappa shape index (κ1) is 50.0. The largest absolute Gasteiger partial charge is 0.432 e. The predicted molar refractivity (Wildman–Crippen MR) is 226 cm³/mol. The van der Waals surface area contributed by atoms with Gasteiger partial charge in [0.2, 0.25) is 6.29 Å². The number of aliphatic hydroxyl groups is 11. The second kappa shape index (κ2) is 17.5. The normalized spacial score (nSPS) is 55.4. The summed E-state index contributed by atoms with van der Waals surface area (Å²) in [5, 5.41) is 117. The molecule has 0 spiro atoms. The molecule has 8 aliphatic rings. The van der Waals surface area contributed by atoms with Crippen molar-refractivity contribution in [2.24, 2.45) is 50.7 Å². The average Bonchev–Trinajstić information content (AvgIpc) is 3.25. The van der Waals surface area contributed by atoms with Crippen LogP contribution >= 0.6 is 0 Å². The minimum absolute atomic E-state index is 0.150. The second-order valence-corrected chi connectivity index (χ2v) is 22.7. The van der Waals surface area contributed by atoms with Crippen LogP contribution in [0.4, 0.5) is 0 Å². The number of esters is 1. The molecule has 24 atom stereocenters. The average molecular weight is 929 g/mol. The van der Waals surface area contributed by atoms with Crippen molar-refractivity contribution in [1.29, 1.82) is 0 Å². The lowest BCUT2D eigenvalue weighted by molar-refractivity contribution is -0.357. The number of ether oxygens (including phenoxy) is 6. The molecule has 11 N–H and O–H groups in total. The van der Waals surface area contributed by atoms with Gasteiger partial charge in [-0.25, -0.2) is 0 Å². The van der Waals surface area contributed by atoms with Crippen LogP contribution in [0.3, 0.4) is 0 Å². The van der Waals surface area contributed by atoms with Crippen molar-refractivity contribution < 1.29 is 89.4 Å². The van der Waals surface area contributed by atoms with Gasteiger partial charge in [0.25, 0.3) is 0 Å². The lowest BCUT2D eigenvalue weighted by atomic mass is 9.33. The smallest absolute Gasteiger partial charge is 0.315 e. The minimum Gasteiger partial charge on any atom is -0.432 e. The monoisotopic (exact) mass is 929 g/mol. The highest BCUT2D eigenvalue weighted by Crippen LogP contribution is 2.76. The van der Waals surface area contributed by atoms with E-state index in [0.29, 0.717) is 38.5 Å². The first-order valence-corrected chi connectivity index (χ1v) is 23.9. The van der Waals surface area contributed by atoms with E-state index in [-0.39, 0.29) is 41.3 Å². The van der Waals surface area contributed by atoms with Gasteiger partial charge in [0, 0.05) is 5.92 Å². The first-order valence-electron chi connectivity index (χ1n) is 23.9. The molecule has 0 bridgehead atoms. The van der Waals surface area contributed by atoms with E-state index in [9.17, 15) is 61.0 Å². The maximum absolute atomic E-state index is 14.7. The van der Waals surface area contributed by atoms with Gasteiger partial charge >= 0.3 is 5.97 Å². The summed E-state index contributed by atoms with van der Waals surface area (Å²) >= 11 is 0. The number of hydrogen-bond donors (Lipinski definition) is 11. The highest BCUT2D eigenvalue weighted by atomic mass is 16.7. The molecule has 0 aromatic heterocycles. The predicted octanol–water partition coefficient (Wildman–Crippen LogP) is -0.250. The van der Waals surface area contributed by atoms with E-state index in [1.165, 1.54) is 0 Å². The zero-order valence-electron chi connectivity index (χ0n) is 38.8. The van der Waals surface area contributed by atoms with E-state index in [2.05, 4.69) is 40.7 Å². The standard InChI is InChI=1S/C47H76O18/c1-21-10-15-47(41(58)65-40-34(56)32(54)30(52)25(19-49)62-40)17-16-44(5)22(37(47)46(21,7)59)8-9-27-43(4)13-12-28(42(2,3)26(43)11-14-45(27,44)6)63-38-35(57)36(23(50)20-60-38)64-39-33(55)31(53)29(51)24(18-48)61-39/h8,21,23-40,48-57,59H,9-20H2,1-7H3/t21-,23+,24-,25-,26?,27-,28+,29-,30-,31+,32+,33-,34-,35-,36+,37-,38+,39+,40+,43+,44-,45-,46-,47+/m1/s1. The molecule has 0 radical (unpaired) electrons. The third-order valence-corrected chi connectivity index (χ3v) is 19.3. The minimum atomic E-state index is -1.75.